The number of hydrogen-bond donors (Lipinski definition) is 1. The summed E-state index contributed by atoms with van der Waals surface area (Å²) in [6, 6.07) is 6.54. The minimum absolute atomic E-state index is 0.0587. The van der Waals surface area contributed by atoms with Crippen LogP contribution in [0.25, 0.3) is 0 Å². The fraction of sp³-hybridized carbons (Fsp3) is 0.533. The number of carbonyl (C=O) groups excluding carboxylic acids is 1. The van der Waals surface area contributed by atoms with Gasteiger partial charge in [-0.25, -0.2) is 12.7 Å². The van der Waals surface area contributed by atoms with Gasteiger partial charge in [-0.1, -0.05) is 12.1 Å². The minimum atomic E-state index is -3.35. The van der Waals surface area contributed by atoms with Crippen molar-refractivity contribution < 1.29 is 22.7 Å². The Balaban J connectivity index is 2.08. The highest BCUT2D eigenvalue weighted by atomic mass is 32.2. The second-order valence-electron chi connectivity index (χ2n) is 5.64. The SMILES string of the molecule is COc1ccccc1C(=O)N[C@H]1COC[C@H]1CS(=O)(=O)N(C)C. The van der Waals surface area contributed by atoms with Crippen LogP contribution in [0.2, 0.25) is 0 Å². The van der Waals surface area contributed by atoms with Gasteiger partial charge in [0.25, 0.3) is 5.91 Å². The van der Waals surface area contributed by atoms with Crippen LogP contribution < -0.4 is 10.1 Å². The summed E-state index contributed by atoms with van der Waals surface area (Å²) in [4.78, 5) is 12.4. The minimum Gasteiger partial charge on any atom is -0.496 e. The fourth-order valence-electron chi connectivity index (χ4n) is 2.42. The largest absolute Gasteiger partial charge is 0.496 e. The molecule has 0 saturated carbocycles. The highest BCUT2D eigenvalue weighted by molar-refractivity contribution is 7.89. The maximum Gasteiger partial charge on any atom is 0.255 e. The first-order chi connectivity index (χ1) is 10.8. The molecule has 2 rings (SSSR count). The number of nitrogens with one attached hydrogen (secondary N) is 1. The molecule has 0 unspecified atom stereocenters. The Morgan fingerprint density at radius 1 is 1.35 bits per heavy atom. The van der Waals surface area contributed by atoms with Crippen molar-refractivity contribution in [1.29, 1.82) is 0 Å². The summed E-state index contributed by atoms with van der Waals surface area (Å²) in [6.45, 7) is 0.610. The first kappa shape index (κ1) is 17.7. The van der Waals surface area contributed by atoms with Crippen molar-refractivity contribution >= 4 is 15.9 Å². The van der Waals surface area contributed by atoms with Crippen LogP contribution >= 0.6 is 0 Å². The molecule has 1 aliphatic heterocycles. The van der Waals surface area contributed by atoms with Gasteiger partial charge in [-0.2, -0.15) is 0 Å². The summed E-state index contributed by atoms with van der Waals surface area (Å²) in [5.74, 6) is -0.163. The van der Waals surface area contributed by atoms with Crippen LogP contribution in [0.1, 0.15) is 10.4 Å². The van der Waals surface area contributed by atoms with Crippen molar-refractivity contribution in [2.75, 3.05) is 40.2 Å². The third-order valence-electron chi connectivity index (χ3n) is 3.85. The molecule has 1 N–H and O–H groups in total. The molecule has 0 aromatic heterocycles. The van der Waals surface area contributed by atoms with E-state index in [-0.39, 0.29) is 23.6 Å². The lowest BCUT2D eigenvalue weighted by Gasteiger charge is -2.21. The van der Waals surface area contributed by atoms with Crippen molar-refractivity contribution in [3.8, 4) is 5.75 Å². The molecule has 1 aromatic rings. The summed E-state index contributed by atoms with van der Waals surface area (Å²) in [6.07, 6.45) is 0. The van der Waals surface area contributed by atoms with Gasteiger partial charge >= 0.3 is 0 Å². The zero-order valence-corrected chi connectivity index (χ0v) is 14.3. The number of sulfonamides is 1. The van der Waals surface area contributed by atoms with Gasteiger partial charge in [-0.15, -0.1) is 0 Å². The number of ether oxygens (including phenoxy) is 2. The topological polar surface area (TPSA) is 84.9 Å². The molecule has 0 spiro atoms. The van der Waals surface area contributed by atoms with Crippen LogP contribution in [0.4, 0.5) is 0 Å². The molecular formula is C15H22N2O5S. The van der Waals surface area contributed by atoms with Crippen molar-refractivity contribution in [1.82, 2.24) is 9.62 Å². The Hall–Kier alpha value is -1.64. The highest BCUT2D eigenvalue weighted by Gasteiger charge is 2.34. The smallest absolute Gasteiger partial charge is 0.255 e. The molecule has 23 heavy (non-hydrogen) atoms. The zero-order chi connectivity index (χ0) is 17.0. The Morgan fingerprint density at radius 2 is 2.04 bits per heavy atom. The lowest BCUT2D eigenvalue weighted by molar-refractivity contribution is 0.0923. The fourth-order valence-corrected chi connectivity index (χ4v) is 3.59. The van der Waals surface area contributed by atoms with Gasteiger partial charge in [0.15, 0.2) is 0 Å². The molecule has 0 aliphatic carbocycles. The first-order valence-corrected chi connectivity index (χ1v) is 8.88. The Bertz CT molecular complexity index is 660. The van der Waals surface area contributed by atoms with Gasteiger partial charge < -0.3 is 14.8 Å². The molecule has 1 heterocycles. The Labute approximate surface area is 136 Å². The number of benzene rings is 1. The molecule has 0 radical (unpaired) electrons. The van der Waals surface area contributed by atoms with E-state index >= 15 is 0 Å². The average molecular weight is 342 g/mol. The number of amides is 1. The maximum absolute atomic E-state index is 12.4. The quantitative estimate of drug-likeness (QED) is 0.805. The van der Waals surface area contributed by atoms with Gasteiger partial charge in [0.05, 0.1) is 37.7 Å². The predicted octanol–water partition coefficient (Wildman–Crippen LogP) is 0.331. The van der Waals surface area contributed by atoms with Crippen LogP contribution in [0.5, 0.6) is 5.75 Å². The molecule has 7 nitrogen and oxygen atoms in total. The summed E-state index contributed by atoms with van der Waals surface area (Å²) < 4.78 is 35.8. The van der Waals surface area contributed by atoms with Crippen LogP contribution in [-0.2, 0) is 14.8 Å². The van der Waals surface area contributed by atoms with Crippen LogP contribution in [0, 0.1) is 5.92 Å². The third kappa shape index (κ3) is 4.21. The molecule has 1 aliphatic rings. The van der Waals surface area contributed by atoms with E-state index in [1.807, 2.05) is 0 Å². The summed E-state index contributed by atoms with van der Waals surface area (Å²) >= 11 is 0. The van der Waals surface area contributed by atoms with E-state index < -0.39 is 10.0 Å². The lowest BCUT2D eigenvalue weighted by Crippen LogP contribution is -2.43. The van der Waals surface area contributed by atoms with E-state index in [0.717, 1.165) is 0 Å². The number of nitrogens with zero attached hydrogens (tertiary/aromatic N) is 1. The highest BCUT2D eigenvalue weighted by Crippen LogP contribution is 2.20. The Kier molecular flexibility index (Phi) is 5.61. The van der Waals surface area contributed by atoms with Crippen molar-refractivity contribution in [3.05, 3.63) is 29.8 Å². The summed E-state index contributed by atoms with van der Waals surface area (Å²) in [5, 5.41) is 2.85. The third-order valence-corrected chi connectivity index (χ3v) is 5.81. The molecular weight excluding hydrogens is 320 g/mol. The van der Waals surface area contributed by atoms with Gasteiger partial charge in [0, 0.05) is 20.0 Å². The van der Waals surface area contributed by atoms with Crippen LogP contribution in [0.3, 0.4) is 0 Å². The van der Waals surface area contributed by atoms with E-state index in [1.54, 1.807) is 24.3 Å². The summed E-state index contributed by atoms with van der Waals surface area (Å²) in [7, 11) is 1.13. The second-order valence-corrected chi connectivity index (χ2v) is 7.87. The zero-order valence-electron chi connectivity index (χ0n) is 13.5. The first-order valence-electron chi connectivity index (χ1n) is 7.27. The van der Waals surface area contributed by atoms with Gasteiger partial charge in [0.2, 0.25) is 10.0 Å². The molecule has 1 fully saturated rings. The van der Waals surface area contributed by atoms with Crippen molar-refractivity contribution in [2.24, 2.45) is 5.92 Å². The molecule has 8 heteroatoms. The molecule has 128 valence electrons. The van der Waals surface area contributed by atoms with E-state index in [2.05, 4.69) is 5.32 Å². The van der Waals surface area contributed by atoms with E-state index in [9.17, 15) is 13.2 Å². The van der Waals surface area contributed by atoms with Crippen molar-refractivity contribution in [3.63, 3.8) is 0 Å². The lowest BCUT2D eigenvalue weighted by atomic mass is 10.1. The standard InChI is InChI=1S/C15H22N2O5S/c1-17(2)23(19,20)10-11-8-22-9-13(11)16-15(18)12-6-4-5-7-14(12)21-3/h4-7,11,13H,8-10H2,1-3H3,(H,16,18)/t11-,13-/m0/s1. The second kappa shape index (κ2) is 7.29. The maximum atomic E-state index is 12.4. The number of para-hydroxylation sites is 1. The molecule has 1 amide bonds. The number of rotatable bonds is 6. The molecule has 1 saturated heterocycles. The number of methoxy groups -OCH3 is 1. The molecule has 2 atom stereocenters. The number of carbonyl (C=O) groups is 1. The van der Waals surface area contributed by atoms with Gasteiger partial charge in [-0.05, 0) is 12.1 Å². The van der Waals surface area contributed by atoms with Crippen LogP contribution in [-0.4, -0.2) is 64.8 Å². The van der Waals surface area contributed by atoms with E-state index in [4.69, 9.17) is 9.47 Å². The van der Waals surface area contributed by atoms with Gasteiger partial charge in [0.1, 0.15) is 5.75 Å². The molecule has 1 aromatic carbocycles. The predicted molar refractivity (Wildman–Crippen MR) is 86.0 cm³/mol. The normalized spacial score (nSPS) is 21.4. The van der Waals surface area contributed by atoms with Crippen LogP contribution in [0.15, 0.2) is 24.3 Å². The van der Waals surface area contributed by atoms with E-state index in [0.29, 0.717) is 24.5 Å². The van der Waals surface area contributed by atoms with Gasteiger partial charge in [-0.3, -0.25) is 4.79 Å². The molecule has 0 bridgehead atoms. The monoisotopic (exact) mass is 342 g/mol. The number of hydrogen-bond acceptors (Lipinski definition) is 5. The average Bonchev–Trinajstić information content (AvgIpc) is 2.93. The Morgan fingerprint density at radius 3 is 2.70 bits per heavy atom. The van der Waals surface area contributed by atoms with E-state index in [1.165, 1.54) is 25.5 Å². The van der Waals surface area contributed by atoms with Crippen molar-refractivity contribution in [2.45, 2.75) is 6.04 Å². The summed E-state index contributed by atoms with van der Waals surface area (Å²) in [5.41, 5.74) is 0.413.